The Morgan fingerprint density at radius 3 is 2.57 bits per heavy atom. The van der Waals surface area contributed by atoms with Crippen molar-refractivity contribution in [3.8, 4) is 5.75 Å². The molecule has 1 aromatic carbocycles. The maximum Gasteiger partial charge on any atom is 0.325 e. The molecule has 1 unspecified atom stereocenters. The minimum absolute atomic E-state index is 0.0288. The van der Waals surface area contributed by atoms with Crippen LogP contribution in [0, 0.1) is 5.92 Å². The van der Waals surface area contributed by atoms with Crippen molar-refractivity contribution in [2.75, 3.05) is 51.3 Å². The summed E-state index contributed by atoms with van der Waals surface area (Å²) in [7, 11) is 1.59. The van der Waals surface area contributed by atoms with Gasteiger partial charge in [0.15, 0.2) is 0 Å². The lowest BCUT2D eigenvalue weighted by molar-refractivity contribution is -0.151. The molecule has 2 saturated heterocycles. The Kier molecular flexibility index (Phi) is 6.38. The van der Waals surface area contributed by atoms with Crippen LogP contribution in [0.3, 0.4) is 0 Å². The third kappa shape index (κ3) is 4.37. The summed E-state index contributed by atoms with van der Waals surface area (Å²) in [6.45, 7) is 4.14. The summed E-state index contributed by atoms with van der Waals surface area (Å²) < 4.78 is 10.2. The zero-order chi connectivity index (χ0) is 20.1. The normalized spacial score (nSPS) is 19.7. The van der Waals surface area contributed by atoms with Crippen molar-refractivity contribution in [1.29, 1.82) is 0 Å². The standard InChI is InChI=1S/C20H27N3O5/c1-3-28-19(25)15-5-4-10-21(13-15)18(24)14-22-11-12-23(20(22)26)16-6-8-17(27-2)9-7-16/h6-9,15H,3-5,10-14H2,1-2H3. The highest BCUT2D eigenvalue weighted by Crippen LogP contribution is 2.24. The molecule has 8 nitrogen and oxygen atoms in total. The molecule has 28 heavy (non-hydrogen) atoms. The smallest absolute Gasteiger partial charge is 0.325 e. The van der Waals surface area contributed by atoms with Crippen LogP contribution in [0.2, 0.25) is 0 Å². The molecule has 2 fully saturated rings. The van der Waals surface area contributed by atoms with Crippen LogP contribution in [0.1, 0.15) is 19.8 Å². The van der Waals surface area contributed by atoms with Crippen molar-refractivity contribution in [3.63, 3.8) is 0 Å². The Balaban J connectivity index is 1.57. The fraction of sp³-hybridized carbons (Fsp3) is 0.550. The topological polar surface area (TPSA) is 79.4 Å². The van der Waals surface area contributed by atoms with E-state index in [0.717, 1.165) is 24.3 Å². The zero-order valence-electron chi connectivity index (χ0n) is 16.4. The van der Waals surface area contributed by atoms with Gasteiger partial charge in [0.25, 0.3) is 0 Å². The third-order valence-electron chi connectivity index (χ3n) is 5.20. The number of urea groups is 1. The third-order valence-corrected chi connectivity index (χ3v) is 5.20. The van der Waals surface area contributed by atoms with E-state index in [9.17, 15) is 14.4 Å². The summed E-state index contributed by atoms with van der Waals surface area (Å²) in [6, 6.07) is 7.09. The van der Waals surface area contributed by atoms with Crippen LogP contribution in [-0.2, 0) is 14.3 Å². The van der Waals surface area contributed by atoms with Gasteiger partial charge in [0.05, 0.1) is 19.6 Å². The highest BCUT2D eigenvalue weighted by molar-refractivity contribution is 5.96. The monoisotopic (exact) mass is 389 g/mol. The molecule has 1 atom stereocenters. The SMILES string of the molecule is CCOC(=O)C1CCCN(C(=O)CN2CCN(c3ccc(OC)cc3)C2=O)C1. The number of likely N-dealkylation sites (tertiary alicyclic amines) is 1. The van der Waals surface area contributed by atoms with Crippen LogP contribution in [0.4, 0.5) is 10.5 Å². The molecule has 152 valence electrons. The van der Waals surface area contributed by atoms with Crippen LogP contribution >= 0.6 is 0 Å². The lowest BCUT2D eigenvalue weighted by atomic mass is 9.98. The van der Waals surface area contributed by atoms with Crippen molar-refractivity contribution in [3.05, 3.63) is 24.3 Å². The van der Waals surface area contributed by atoms with Crippen LogP contribution in [0.25, 0.3) is 0 Å². The molecule has 0 N–H and O–H groups in total. The number of amides is 3. The van der Waals surface area contributed by atoms with E-state index < -0.39 is 0 Å². The molecule has 2 aliphatic rings. The minimum Gasteiger partial charge on any atom is -0.497 e. The number of methoxy groups -OCH3 is 1. The van der Waals surface area contributed by atoms with Gasteiger partial charge in [-0.1, -0.05) is 0 Å². The molecule has 3 amide bonds. The number of hydrogen-bond donors (Lipinski definition) is 0. The van der Waals surface area contributed by atoms with Gasteiger partial charge in [0, 0.05) is 31.9 Å². The Morgan fingerprint density at radius 2 is 1.89 bits per heavy atom. The summed E-state index contributed by atoms with van der Waals surface area (Å²) in [5.74, 6) is 0.0771. The number of hydrogen-bond acceptors (Lipinski definition) is 5. The van der Waals surface area contributed by atoms with Gasteiger partial charge in [-0.2, -0.15) is 0 Å². The molecule has 0 bridgehead atoms. The van der Waals surface area contributed by atoms with Gasteiger partial charge in [0.1, 0.15) is 12.3 Å². The van der Waals surface area contributed by atoms with Gasteiger partial charge in [-0.25, -0.2) is 4.79 Å². The predicted molar refractivity (Wildman–Crippen MR) is 103 cm³/mol. The highest BCUT2D eigenvalue weighted by atomic mass is 16.5. The van der Waals surface area contributed by atoms with Gasteiger partial charge in [-0.15, -0.1) is 0 Å². The zero-order valence-corrected chi connectivity index (χ0v) is 16.4. The quantitative estimate of drug-likeness (QED) is 0.693. The van der Waals surface area contributed by atoms with Crippen molar-refractivity contribution >= 4 is 23.6 Å². The summed E-state index contributed by atoms with van der Waals surface area (Å²) in [6.07, 6.45) is 1.50. The number of piperidine rings is 1. The average Bonchev–Trinajstić information content (AvgIpc) is 3.08. The molecule has 2 aliphatic heterocycles. The number of carbonyl (C=O) groups excluding carboxylic acids is 3. The summed E-state index contributed by atoms with van der Waals surface area (Å²) in [5.41, 5.74) is 0.779. The van der Waals surface area contributed by atoms with Gasteiger partial charge in [-0.3, -0.25) is 14.5 Å². The summed E-state index contributed by atoms with van der Waals surface area (Å²) in [5, 5.41) is 0. The molecular formula is C20H27N3O5. The molecule has 0 spiro atoms. The van der Waals surface area contributed by atoms with E-state index in [4.69, 9.17) is 9.47 Å². The van der Waals surface area contributed by atoms with Crippen LogP contribution in [0.5, 0.6) is 5.75 Å². The van der Waals surface area contributed by atoms with E-state index in [1.54, 1.807) is 40.9 Å². The maximum absolute atomic E-state index is 12.7. The number of anilines is 1. The summed E-state index contributed by atoms with van der Waals surface area (Å²) in [4.78, 5) is 42.3. The number of benzene rings is 1. The van der Waals surface area contributed by atoms with Gasteiger partial charge in [-0.05, 0) is 44.0 Å². The second-order valence-electron chi connectivity index (χ2n) is 6.98. The fourth-order valence-corrected chi connectivity index (χ4v) is 3.65. The van der Waals surface area contributed by atoms with E-state index in [-0.39, 0.29) is 30.4 Å². The first-order valence-corrected chi connectivity index (χ1v) is 9.68. The number of ether oxygens (including phenoxy) is 2. The lowest BCUT2D eigenvalue weighted by Crippen LogP contribution is -2.47. The van der Waals surface area contributed by atoms with Gasteiger partial charge >= 0.3 is 12.0 Å². The van der Waals surface area contributed by atoms with Crippen molar-refractivity contribution in [2.45, 2.75) is 19.8 Å². The van der Waals surface area contributed by atoms with Gasteiger partial charge < -0.3 is 19.3 Å². The number of rotatable bonds is 6. The number of nitrogens with zero attached hydrogens (tertiary/aromatic N) is 3. The average molecular weight is 389 g/mol. The molecule has 2 heterocycles. The molecule has 8 heteroatoms. The van der Waals surface area contributed by atoms with Gasteiger partial charge in [0.2, 0.25) is 5.91 Å². The second kappa shape index (κ2) is 8.95. The Bertz CT molecular complexity index is 721. The fourth-order valence-electron chi connectivity index (χ4n) is 3.65. The molecule has 0 aromatic heterocycles. The highest BCUT2D eigenvalue weighted by Gasteiger charge is 2.34. The Hall–Kier alpha value is -2.77. The van der Waals surface area contributed by atoms with Crippen molar-refractivity contribution in [1.82, 2.24) is 9.80 Å². The summed E-state index contributed by atoms with van der Waals surface area (Å²) >= 11 is 0. The Labute approximate surface area is 165 Å². The molecule has 1 aromatic rings. The molecule has 0 aliphatic carbocycles. The number of carbonyl (C=O) groups is 3. The minimum atomic E-state index is -0.275. The van der Waals surface area contributed by atoms with E-state index in [2.05, 4.69) is 0 Å². The van der Waals surface area contributed by atoms with Crippen molar-refractivity contribution in [2.24, 2.45) is 5.92 Å². The maximum atomic E-state index is 12.7. The molecule has 3 rings (SSSR count). The first-order chi connectivity index (χ1) is 13.5. The Morgan fingerprint density at radius 1 is 1.14 bits per heavy atom. The van der Waals surface area contributed by atoms with Crippen LogP contribution < -0.4 is 9.64 Å². The first kappa shape index (κ1) is 20.0. The van der Waals surface area contributed by atoms with Crippen LogP contribution in [-0.4, -0.2) is 74.1 Å². The van der Waals surface area contributed by atoms with Crippen LogP contribution in [0.15, 0.2) is 24.3 Å². The lowest BCUT2D eigenvalue weighted by Gasteiger charge is -2.32. The molecule has 0 saturated carbocycles. The van der Waals surface area contributed by atoms with E-state index in [1.165, 1.54) is 0 Å². The molecular weight excluding hydrogens is 362 g/mol. The van der Waals surface area contributed by atoms with E-state index in [1.807, 2.05) is 12.1 Å². The largest absolute Gasteiger partial charge is 0.497 e. The number of esters is 1. The van der Waals surface area contributed by atoms with Crippen molar-refractivity contribution < 1.29 is 23.9 Å². The van der Waals surface area contributed by atoms with E-state index in [0.29, 0.717) is 32.8 Å². The first-order valence-electron chi connectivity index (χ1n) is 9.68. The predicted octanol–water partition coefficient (Wildman–Crippen LogP) is 1.74. The molecule has 0 radical (unpaired) electrons. The second-order valence-corrected chi connectivity index (χ2v) is 6.98. The van der Waals surface area contributed by atoms with E-state index >= 15 is 0 Å².